The van der Waals surface area contributed by atoms with E-state index >= 15 is 0 Å². The molecule has 0 aromatic heterocycles. The number of hydrogen-bond acceptors (Lipinski definition) is 5. The molecule has 0 fully saturated rings. The van der Waals surface area contributed by atoms with Crippen molar-refractivity contribution in [3.63, 3.8) is 0 Å². The number of carbonyl (C=O) groups is 2. The van der Waals surface area contributed by atoms with Gasteiger partial charge in [0.2, 0.25) is 5.91 Å². The van der Waals surface area contributed by atoms with Crippen LogP contribution in [-0.4, -0.2) is 47.4 Å². The number of nitrogens with one attached hydrogen (secondary N) is 1. The normalized spacial score (nSPS) is 12.5. The number of unbranched alkanes of at least 4 members (excludes halogenated alkanes) is 56. The van der Waals surface area contributed by atoms with Gasteiger partial charge in [0.25, 0.3) is 0 Å². The summed E-state index contributed by atoms with van der Waals surface area (Å²) in [6.45, 7) is 4.95. The number of carbonyl (C=O) groups excluding carboxylic acids is 2. The first-order valence-corrected chi connectivity index (χ1v) is 35.5. The Kier molecular flexibility index (Phi) is 65.9. The van der Waals surface area contributed by atoms with Gasteiger partial charge in [-0.2, -0.15) is 0 Å². The van der Waals surface area contributed by atoms with Gasteiger partial charge in [-0.1, -0.05) is 373 Å². The molecule has 1 amide bonds. The minimum absolute atomic E-state index is 0.0147. The molecule has 3 N–H and O–H groups in total. The van der Waals surface area contributed by atoms with Gasteiger partial charge in [-0.15, -0.1) is 0 Å². The highest BCUT2D eigenvalue weighted by Gasteiger charge is 2.18. The maximum absolute atomic E-state index is 12.5. The van der Waals surface area contributed by atoms with Crippen molar-refractivity contribution in [2.24, 2.45) is 0 Å². The standard InChI is InChI=1S/C71H139NO5/c1-3-5-7-9-11-13-15-17-19-21-22-23-24-25-26-29-32-35-39-43-47-51-55-59-63-69(74)68(67-73)72-70(75)64-60-56-52-48-44-40-36-33-30-27-28-31-34-38-42-46-50-54-58-62-66-77-71(76)65-61-57-53-49-45-41-37-20-18-16-14-12-10-8-6-4-2/h59,63,68-69,73-74H,3-58,60-62,64-67H2,1-2H3,(H,72,75)/b63-59+. The SMILES string of the molecule is CCCCCCCCCCCCCCCCCCCCCCCC/C=C/C(O)C(CO)NC(=O)CCCCCCCCCCCCCCCCCCCCCCOC(=O)CCCCCCCCCCCCCCCCCC. The van der Waals surface area contributed by atoms with Crippen LogP contribution in [0.5, 0.6) is 0 Å². The molecule has 0 aromatic rings. The van der Waals surface area contributed by atoms with Crippen LogP contribution >= 0.6 is 0 Å². The molecule has 0 spiro atoms. The van der Waals surface area contributed by atoms with E-state index in [4.69, 9.17) is 4.74 Å². The molecule has 0 saturated heterocycles. The minimum Gasteiger partial charge on any atom is -0.466 e. The first-order chi connectivity index (χ1) is 38.0. The lowest BCUT2D eigenvalue weighted by molar-refractivity contribution is -0.143. The fraction of sp³-hybridized carbons (Fsp3) is 0.944. The molecule has 2 unspecified atom stereocenters. The Morgan fingerprint density at radius 1 is 0.351 bits per heavy atom. The summed E-state index contributed by atoms with van der Waals surface area (Å²) in [6, 6.07) is -0.630. The number of hydrogen-bond donors (Lipinski definition) is 3. The van der Waals surface area contributed by atoms with E-state index in [2.05, 4.69) is 19.2 Å². The Morgan fingerprint density at radius 2 is 0.597 bits per heavy atom. The summed E-state index contributed by atoms with van der Waals surface area (Å²) in [5.41, 5.74) is 0. The van der Waals surface area contributed by atoms with Crippen molar-refractivity contribution >= 4 is 11.9 Å². The Balaban J connectivity index is 3.40. The molecule has 0 aliphatic carbocycles. The highest BCUT2D eigenvalue weighted by atomic mass is 16.5. The average Bonchev–Trinajstić information content (AvgIpc) is 3.43. The van der Waals surface area contributed by atoms with E-state index in [0.29, 0.717) is 19.4 Å². The minimum atomic E-state index is -0.847. The predicted octanol–water partition coefficient (Wildman–Crippen LogP) is 22.8. The zero-order valence-corrected chi connectivity index (χ0v) is 52.5. The summed E-state index contributed by atoms with van der Waals surface area (Å²) >= 11 is 0. The van der Waals surface area contributed by atoms with Crippen LogP contribution in [0.2, 0.25) is 0 Å². The Hall–Kier alpha value is -1.40. The van der Waals surface area contributed by atoms with Gasteiger partial charge in [0, 0.05) is 12.8 Å². The van der Waals surface area contributed by atoms with Gasteiger partial charge in [-0.3, -0.25) is 9.59 Å². The zero-order chi connectivity index (χ0) is 55.7. The Bertz CT molecular complexity index is 1160. The molecule has 0 radical (unpaired) electrons. The van der Waals surface area contributed by atoms with Crippen molar-refractivity contribution in [1.29, 1.82) is 0 Å². The van der Waals surface area contributed by atoms with Crippen molar-refractivity contribution in [2.45, 2.75) is 418 Å². The molecule has 0 aliphatic heterocycles. The maximum Gasteiger partial charge on any atom is 0.305 e. The van der Waals surface area contributed by atoms with E-state index in [0.717, 1.165) is 38.5 Å². The Labute approximate surface area is 482 Å². The predicted molar refractivity (Wildman–Crippen MR) is 338 cm³/mol. The molecular formula is C71H139NO5. The second-order valence-corrected chi connectivity index (χ2v) is 24.6. The maximum atomic E-state index is 12.5. The van der Waals surface area contributed by atoms with Crippen molar-refractivity contribution < 1.29 is 24.5 Å². The quantitative estimate of drug-likeness (QED) is 0.0320. The monoisotopic (exact) mass is 1090 g/mol. The van der Waals surface area contributed by atoms with Crippen molar-refractivity contribution in [1.82, 2.24) is 5.32 Å². The lowest BCUT2D eigenvalue weighted by atomic mass is 10.0. The lowest BCUT2D eigenvalue weighted by Gasteiger charge is -2.20. The van der Waals surface area contributed by atoms with Crippen LogP contribution in [0.1, 0.15) is 406 Å². The van der Waals surface area contributed by atoms with E-state index in [9.17, 15) is 19.8 Å². The van der Waals surface area contributed by atoms with Gasteiger partial charge in [0.1, 0.15) is 0 Å². The molecule has 0 aromatic carbocycles. The van der Waals surface area contributed by atoms with E-state index in [1.807, 2.05) is 6.08 Å². The topological polar surface area (TPSA) is 95.9 Å². The van der Waals surface area contributed by atoms with Crippen LogP contribution in [0.3, 0.4) is 0 Å². The number of rotatable bonds is 67. The van der Waals surface area contributed by atoms with Crippen LogP contribution in [0.25, 0.3) is 0 Å². The fourth-order valence-electron chi connectivity index (χ4n) is 11.4. The number of esters is 1. The summed E-state index contributed by atoms with van der Waals surface area (Å²) in [7, 11) is 0. The van der Waals surface area contributed by atoms with Gasteiger partial charge in [0.15, 0.2) is 0 Å². The molecule has 77 heavy (non-hydrogen) atoms. The number of amides is 1. The van der Waals surface area contributed by atoms with Gasteiger partial charge < -0.3 is 20.3 Å². The van der Waals surface area contributed by atoms with Gasteiger partial charge >= 0.3 is 5.97 Å². The van der Waals surface area contributed by atoms with Crippen molar-refractivity contribution in [3.8, 4) is 0 Å². The number of ether oxygens (including phenoxy) is 1. The molecular weight excluding hydrogens is 947 g/mol. The number of aliphatic hydroxyl groups is 2. The number of allylic oxidation sites excluding steroid dienone is 1. The van der Waals surface area contributed by atoms with Crippen LogP contribution in [0.4, 0.5) is 0 Å². The average molecular weight is 1090 g/mol. The first kappa shape index (κ1) is 75.6. The molecule has 458 valence electrons. The molecule has 6 heteroatoms. The number of aliphatic hydroxyl groups excluding tert-OH is 2. The molecule has 0 rings (SSSR count). The van der Waals surface area contributed by atoms with E-state index in [1.54, 1.807) is 6.08 Å². The molecule has 0 heterocycles. The van der Waals surface area contributed by atoms with Crippen LogP contribution < -0.4 is 5.32 Å². The highest BCUT2D eigenvalue weighted by Crippen LogP contribution is 2.19. The molecule has 2 atom stereocenters. The summed E-state index contributed by atoms with van der Waals surface area (Å²) < 4.78 is 5.50. The zero-order valence-electron chi connectivity index (χ0n) is 52.5. The molecule has 0 bridgehead atoms. The smallest absolute Gasteiger partial charge is 0.305 e. The van der Waals surface area contributed by atoms with E-state index < -0.39 is 12.1 Å². The Morgan fingerprint density at radius 3 is 0.883 bits per heavy atom. The third-order valence-electron chi connectivity index (χ3n) is 16.8. The summed E-state index contributed by atoms with van der Waals surface area (Å²) in [6.07, 6.45) is 82.8. The first-order valence-electron chi connectivity index (χ1n) is 35.5. The third-order valence-corrected chi connectivity index (χ3v) is 16.8. The van der Waals surface area contributed by atoms with Gasteiger partial charge in [-0.25, -0.2) is 0 Å². The van der Waals surface area contributed by atoms with Crippen LogP contribution in [0, 0.1) is 0 Å². The van der Waals surface area contributed by atoms with Crippen LogP contribution in [0.15, 0.2) is 12.2 Å². The second-order valence-electron chi connectivity index (χ2n) is 24.6. The third kappa shape index (κ3) is 63.6. The summed E-state index contributed by atoms with van der Waals surface area (Å²) in [5.74, 6) is -0.0499. The molecule has 0 aliphatic rings. The van der Waals surface area contributed by atoms with Gasteiger partial charge in [-0.05, 0) is 32.1 Å². The highest BCUT2D eigenvalue weighted by molar-refractivity contribution is 5.76. The summed E-state index contributed by atoms with van der Waals surface area (Å²) in [5, 5.41) is 23.3. The van der Waals surface area contributed by atoms with Crippen LogP contribution in [-0.2, 0) is 14.3 Å². The molecule has 0 saturated carbocycles. The van der Waals surface area contributed by atoms with Crippen molar-refractivity contribution in [2.75, 3.05) is 13.2 Å². The van der Waals surface area contributed by atoms with Crippen molar-refractivity contribution in [3.05, 3.63) is 12.2 Å². The summed E-state index contributed by atoms with van der Waals surface area (Å²) in [4.78, 5) is 24.6. The van der Waals surface area contributed by atoms with E-state index in [1.165, 1.54) is 340 Å². The largest absolute Gasteiger partial charge is 0.466 e. The second kappa shape index (κ2) is 67.1. The van der Waals surface area contributed by atoms with E-state index in [-0.39, 0.29) is 18.5 Å². The van der Waals surface area contributed by atoms with Gasteiger partial charge in [0.05, 0.1) is 25.4 Å². The lowest BCUT2D eigenvalue weighted by Crippen LogP contribution is -2.45. The fourth-order valence-corrected chi connectivity index (χ4v) is 11.4. The molecule has 6 nitrogen and oxygen atoms in total.